The molecule has 81 valence electrons. The molecular formula is C15H21. The van der Waals surface area contributed by atoms with E-state index in [1.807, 2.05) is 0 Å². The summed E-state index contributed by atoms with van der Waals surface area (Å²) in [4.78, 5) is 0. The van der Waals surface area contributed by atoms with Gasteiger partial charge in [0.25, 0.3) is 0 Å². The lowest BCUT2D eigenvalue weighted by Crippen LogP contribution is -1.90. The van der Waals surface area contributed by atoms with Crippen LogP contribution < -0.4 is 0 Å². The van der Waals surface area contributed by atoms with Crippen LogP contribution >= 0.6 is 0 Å². The third-order valence-corrected chi connectivity index (χ3v) is 2.79. The van der Waals surface area contributed by atoms with Crippen LogP contribution in [0.1, 0.15) is 57.1 Å². The normalized spacial score (nSPS) is 13.3. The predicted octanol–water partition coefficient (Wildman–Crippen LogP) is 4.71. The van der Waals surface area contributed by atoms with E-state index in [9.17, 15) is 0 Å². The maximum absolute atomic E-state index is 3.30. The molecule has 1 unspecified atom stereocenters. The van der Waals surface area contributed by atoms with Crippen molar-refractivity contribution in [1.82, 2.24) is 0 Å². The van der Waals surface area contributed by atoms with Gasteiger partial charge in [0.1, 0.15) is 0 Å². The maximum Gasteiger partial charge on any atom is -0.0149 e. The predicted molar refractivity (Wildman–Crippen MR) is 67.0 cm³/mol. The lowest BCUT2D eigenvalue weighted by atomic mass is 9.97. The number of unbranched alkanes of at least 4 members (excludes halogenated alkanes) is 1. The highest BCUT2D eigenvalue weighted by atomic mass is 14.1. The van der Waals surface area contributed by atoms with Crippen LogP contribution in [0.15, 0.2) is 30.3 Å². The molecule has 1 atom stereocenters. The second-order valence-corrected chi connectivity index (χ2v) is 4.07. The van der Waals surface area contributed by atoms with E-state index in [1.165, 1.54) is 24.0 Å². The van der Waals surface area contributed by atoms with E-state index in [4.69, 9.17) is 0 Å². The minimum absolute atomic E-state index is 0.665. The van der Waals surface area contributed by atoms with Gasteiger partial charge in [-0.15, -0.1) is 0 Å². The van der Waals surface area contributed by atoms with E-state index in [0.717, 1.165) is 6.42 Å². The van der Waals surface area contributed by atoms with Crippen LogP contribution in [-0.4, -0.2) is 0 Å². The zero-order valence-electron chi connectivity index (χ0n) is 10.1. The Labute approximate surface area is 94.0 Å². The molecule has 0 aliphatic rings. The molecule has 0 aliphatic heterocycles. The molecule has 0 heterocycles. The Kier molecular flexibility index (Phi) is 5.17. The van der Waals surface area contributed by atoms with Crippen LogP contribution in [0.3, 0.4) is 0 Å². The SMILES string of the molecule is CCC/C=[C]\c1ccc(C(C)CC)cc1. The van der Waals surface area contributed by atoms with Crippen molar-refractivity contribution in [2.75, 3.05) is 0 Å². The van der Waals surface area contributed by atoms with E-state index in [1.54, 1.807) is 0 Å². The van der Waals surface area contributed by atoms with Gasteiger partial charge in [-0.2, -0.15) is 0 Å². The van der Waals surface area contributed by atoms with Crippen molar-refractivity contribution in [3.63, 3.8) is 0 Å². The summed E-state index contributed by atoms with van der Waals surface area (Å²) in [5, 5.41) is 0. The van der Waals surface area contributed by atoms with E-state index in [0.29, 0.717) is 5.92 Å². The van der Waals surface area contributed by atoms with Crippen molar-refractivity contribution < 1.29 is 0 Å². The van der Waals surface area contributed by atoms with Crippen molar-refractivity contribution in [3.8, 4) is 0 Å². The summed E-state index contributed by atoms with van der Waals surface area (Å²) >= 11 is 0. The Bertz CT molecular complexity index is 292. The number of allylic oxidation sites excluding steroid dienone is 1. The first kappa shape index (κ1) is 12.0. The molecule has 0 heteroatoms. The monoisotopic (exact) mass is 201 g/mol. The highest BCUT2D eigenvalue weighted by Gasteiger charge is 2.00. The van der Waals surface area contributed by atoms with Gasteiger partial charge in [0.15, 0.2) is 0 Å². The van der Waals surface area contributed by atoms with Crippen molar-refractivity contribution in [2.24, 2.45) is 0 Å². The minimum atomic E-state index is 0.665. The zero-order valence-corrected chi connectivity index (χ0v) is 10.1. The van der Waals surface area contributed by atoms with Crippen LogP contribution in [0.4, 0.5) is 0 Å². The summed E-state index contributed by atoms with van der Waals surface area (Å²) in [6, 6.07) is 8.76. The molecule has 0 aliphatic carbocycles. The summed E-state index contributed by atoms with van der Waals surface area (Å²) in [6.45, 7) is 6.68. The smallest absolute Gasteiger partial charge is 0.0149 e. The van der Waals surface area contributed by atoms with Crippen molar-refractivity contribution in [3.05, 3.63) is 47.5 Å². The molecule has 1 rings (SSSR count). The molecule has 0 N–H and O–H groups in total. The highest BCUT2D eigenvalue weighted by Crippen LogP contribution is 2.18. The van der Waals surface area contributed by atoms with E-state index in [-0.39, 0.29) is 0 Å². The van der Waals surface area contributed by atoms with Crippen LogP contribution in [0.25, 0.3) is 0 Å². The first-order valence-corrected chi connectivity index (χ1v) is 5.96. The number of rotatable bonds is 5. The maximum atomic E-state index is 3.30. The van der Waals surface area contributed by atoms with Crippen LogP contribution in [0, 0.1) is 6.08 Å². The number of hydrogen-bond acceptors (Lipinski definition) is 0. The molecule has 0 saturated heterocycles. The van der Waals surface area contributed by atoms with Gasteiger partial charge in [-0.05, 0) is 36.0 Å². The average molecular weight is 201 g/mol. The highest BCUT2D eigenvalue weighted by molar-refractivity contribution is 5.28. The Morgan fingerprint density at radius 2 is 1.87 bits per heavy atom. The van der Waals surface area contributed by atoms with Gasteiger partial charge in [0.05, 0.1) is 0 Å². The lowest BCUT2D eigenvalue weighted by Gasteiger charge is -2.08. The van der Waals surface area contributed by atoms with Crippen molar-refractivity contribution in [1.29, 1.82) is 0 Å². The van der Waals surface area contributed by atoms with E-state index in [2.05, 4.69) is 57.2 Å². The molecule has 15 heavy (non-hydrogen) atoms. The quantitative estimate of drug-likeness (QED) is 0.647. The molecule has 0 saturated carbocycles. The molecule has 1 aromatic rings. The van der Waals surface area contributed by atoms with Gasteiger partial charge in [-0.3, -0.25) is 0 Å². The topological polar surface area (TPSA) is 0 Å². The van der Waals surface area contributed by atoms with Gasteiger partial charge in [0, 0.05) is 0 Å². The standard InChI is InChI=1S/C15H21/c1-4-6-7-8-14-9-11-15(12-10-14)13(3)5-2/h7,9-13H,4-6H2,1-3H3. The van der Waals surface area contributed by atoms with Gasteiger partial charge >= 0.3 is 0 Å². The van der Waals surface area contributed by atoms with E-state index >= 15 is 0 Å². The Morgan fingerprint density at radius 1 is 1.20 bits per heavy atom. The second kappa shape index (κ2) is 6.44. The third-order valence-electron chi connectivity index (χ3n) is 2.79. The Morgan fingerprint density at radius 3 is 2.40 bits per heavy atom. The molecule has 0 bridgehead atoms. The summed E-state index contributed by atoms with van der Waals surface area (Å²) in [5.41, 5.74) is 2.62. The lowest BCUT2D eigenvalue weighted by molar-refractivity contribution is 0.733. The van der Waals surface area contributed by atoms with Crippen LogP contribution in [0.5, 0.6) is 0 Å². The molecule has 0 fully saturated rings. The molecule has 0 aromatic heterocycles. The largest absolute Gasteiger partial charge is 0.0761 e. The van der Waals surface area contributed by atoms with Crippen molar-refractivity contribution in [2.45, 2.75) is 46.0 Å². The summed E-state index contributed by atoms with van der Waals surface area (Å²) < 4.78 is 0. The average Bonchev–Trinajstić information content (AvgIpc) is 2.29. The first-order valence-electron chi connectivity index (χ1n) is 5.96. The fraction of sp³-hybridized carbons (Fsp3) is 0.467. The number of hydrogen-bond donors (Lipinski definition) is 0. The Hall–Kier alpha value is -1.04. The molecule has 0 nitrogen and oxygen atoms in total. The molecule has 1 radical (unpaired) electrons. The van der Waals surface area contributed by atoms with Crippen molar-refractivity contribution >= 4 is 0 Å². The number of benzene rings is 1. The molecule has 1 aromatic carbocycles. The fourth-order valence-corrected chi connectivity index (χ4v) is 1.48. The zero-order chi connectivity index (χ0) is 11.1. The van der Waals surface area contributed by atoms with Crippen LogP contribution in [0.2, 0.25) is 0 Å². The second-order valence-electron chi connectivity index (χ2n) is 4.07. The minimum Gasteiger partial charge on any atom is -0.0761 e. The third kappa shape index (κ3) is 3.91. The molecular weight excluding hydrogens is 180 g/mol. The molecule has 0 amide bonds. The summed E-state index contributed by atoms with van der Waals surface area (Å²) in [5.74, 6) is 0.665. The first-order chi connectivity index (χ1) is 7.27. The summed E-state index contributed by atoms with van der Waals surface area (Å²) in [7, 11) is 0. The summed E-state index contributed by atoms with van der Waals surface area (Å²) in [6.07, 6.45) is 8.94. The van der Waals surface area contributed by atoms with Gasteiger partial charge in [-0.1, -0.05) is 57.5 Å². The fourth-order valence-electron chi connectivity index (χ4n) is 1.48. The van der Waals surface area contributed by atoms with Gasteiger partial charge in [0.2, 0.25) is 0 Å². The van der Waals surface area contributed by atoms with Gasteiger partial charge in [-0.25, -0.2) is 0 Å². The Balaban J connectivity index is 2.64. The van der Waals surface area contributed by atoms with Gasteiger partial charge < -0.3 is 0 Å². The molecule has 0 spiro atoms. The van der Waals surface area contributed by atoms with E-state index < -0.39 is 0 Å². The van der Waals surface area contributed by atoms with Crippen LogP contribution in [-0.2, 0) is 0 Å².